The number of rotatable bonds is 5. The van der Waals surface area contributed by atoms with E-state index in [0.29, 0.717) is 23.7 Å². The number of aromatic nitrogens is 1. The van der Waals surface area contributed by atoms with Crippen LogP contribution in [0.4, 0.5) is 0 Å². The summed E-state index contributed by atoms with van der Waals surface area (Å²) in [7, 11) is 3.17. The Balaban J connectivity index is 2.11. The summed E-state index contributed by atoms with van der Waals surface area (Å²) in [5.74, 6) is 6.86. The van der Waals surface area contributed by atoms with Crippen molar-refractivity contribution in [3.63, 3.8) is 0 Å². The van der Waals surface area contributed by atoms with Crippen molar-refractivity contribution in [3.05, 3.63) is 47.3 Å². The van der Waals surface area contributed by atoms with Gasteiger partial charge in [-0.1, -0.05) is 0 Å². The number of methoxy groups -OCH3 is 2. The highest BCUT2D eigenvalue weighted by Gasteiger charge is 2.14. The van der Waals surface area contributed by atoms with Crippen LogP contribution >= 0.6 is 0 Å². The molecule has 112 valence electrons. The predicted molar refractivity (Wildman–Crippen MR) is 80.0 cm³/mol. The van der Waals surface area contributed by atoms with Gasteiger partial charge in [-0.25, -0.2) is 0 Å². The third kappa shape index (κ3) is 3.10. The van der Waals surface area contributed by atoms with Crippen LogP contribution in [0.2, 0.25) is 0 Å². The van der Waals surface area contributed by atoms with E-state index in [4.69, 9.17) is 15.3 Å². The number of benzene rings is 1. The average molecular weight is 289 g/mol. The highest BCUT2D eigenvalue weighted by Crippen LogP contribution is 2.24. The summed E-state index contributed by atoms with van der Waals surface area (Å²) in [6.45, 7) is 2.18. The average Bonchev–Trinajstić information content (AvgIpc) is 2.83. The van der Waals surface area contributed by atoms with Crippen LogP contribution in [-0.4, -0.2) is 24.8 Å². The molecule has 0 bridgehead atoms. The molecule has 6 heteroatoms. The highest BCUT2D eigenvalue weighted by molar-refractivity contribution is 5.94. The van der Waals surface area contributed by atoms with Gasteiger partial charge in [0.1, 0.15) is 17.2 Å². The molecule has 1 aromatic heterocycles. The van der Waals surface area contributed by atoms with Crippen LogP contribution in [0.3, 0.4) is 0 Å². The lowest BCUT2D eigenvalue weighted by molar-refractivity contribution is 0.0942. The topological polar surface area (TPSA) is 78.5 Å². The lowest BCUT2D eigenvalue weighted by Crippen LogP contribution is -2.28. The summed E-state index contributed by atoms with van der Waals surface area (Å²) >= 11 is 0. The Kier molecular flexibility index (Phi) is 4.37. The third-order valence-corrected chi connectivity index (χ3v) is 3.27. The van der Waals surface area contributed by atoms with Gasteiger partial charge >= 0.3 is 0 Å². The summed E-state index contributed by atoms with van der Waals surface area (Å²) in [5.41, 5.74) is 2.14. The van der Waals surface area contributed by atoms with Crippen molar-refractivity contribution < 1.29 is 14.3 Å². The van der Waals surface area contributed by atoms with Crippen LogP contribution in [0, 0.1) is 6.92 Å². The molecular formula is C15H19N3O3. The molecule has 0 aliphatic carbocycles. The number of nitrogen functional groups attached to an aromatic ring is 1. The van der Waals surface area contributed by atoms with Gasteiger partial charge in [-0.3, -0.25) is 9.47 Å². The number of aryl methyl sites for hydroxylation is 1. The molecule has 2 aromatic rings. The van der Waals surface area contributed by atoms with Gasteiger partial charge in [-0.15, -0.1) is 0 Å². The third-order valence-electron chi connectivity index (χ3n) is 3.27. The molecule has 6 nitrogen and oxygen atoms in total. The molecule has 0 atom stereocenters. The lowest BCUT2D eigenvalue weighted by Gasteiger charge is -2.12. The van der Waals surface area contributed by atoms with Gasteiger partial charge in [-0.05, 0) is 30.7 Å². The number of nitrogens with two attached hydrogens (primary N) is 1. The molecule has 1 aromatic carbocycles. The van der Waals surface area contributed by atoms with E-state index < -0.39 is 0 Å². The largest absolute Gasteiger partial charge is 0.497 e. The summed E-state index contributed by atoms with van der Waals surface area (Å²) in [5, 5.41) is 2.83. The minimum absolute atomic E-state index is 0.224. The molecule has 21 heavy (non-hydrogen) atoms. The van der Waals surface area contributed by atoms with E-state index in [1.165, 1.54) is 4.68 Å². The smallest absolute Gasteiger partial charge is 0.270 e. The van der Waals surface area contributed by atoms with E-state index >= 15 is 0 Å². The predicted octanol–water partition coefficient (Wildman–Crippen LogP) is 1.46. The quantitative estimate of drug-likeness (QED) is 0.817. The molecular weight excluding hydrogens is 270 g/mol. The maximum absolute atomic E-state index is 12.2. The monoisotopic (exact) mass is 289 g/mol. The highest BCUT2D eigenvalue weighted by atomic mass is 16.5. The van der Waals surface area contributed by atoms with E-state index in [1.54, 1.807) is 32.5 Å². The van der Waals surface area contributed by atoms with Gasteiger partial charge in [0.15, 0.2) is 0 Å². The van der Waals surface area contributed by atoms with Crippen molar-refractivity contribution >= 4 is 5.91 Å². The minimum atomic E-state index is -0.224. The van der Waals surface area contributed by atoms with Crippen LogP contribution < -0.4 is 20.6 Å². The zero-order chi connectivity index (χ0) is 15.4. The number of amides is 1. The zero-order valence-electron chi connectivity index (χ0n) is 12.3. The van der Waals surface area contributed by atoms with Gasteiger partial charge in [0.2, 0.25) is 0 Å². The van der Waals surface area contributed by atoms with E-state index in [9.17, 15) is 4.79 Å². The summed E-state index contributed by atoms with van der Waals surface area (Å²) in [6, 6.07) is 7.24. The standard InChI is InChI=1S/C15H19N3O3/c1-10-6-7-18(16)14(10)15(19)17-9-11-4-5-12(20-2)8-13(11)21-3/h4-8H,9,16H2,1-3H3,(H,17,19). The van der Waals surface area contributed by atoms with Crippen molar-refractivity contribution in [3.8, 4) is 11.5 Å². The molecule has 0 spiro atoms. The number of nitrogens with zero attached hydrogens (tertiary/aromatic N) is 1. The maximum atomic E-state index is 12.2. The minimum Gasteiger partial charge on any atom is -0.497 e. The first-order valence-corrected chi connectivity index (χ1v) is 6.49. The number of ether oxygens (including phenoxy) is 2. The van der Waals surface area contributed by atoms with Crippen LogP contribution in [0.15, 0.2) is 30.5 Å². The molecule has 1 heterocycles. The molecule has 0 saturated carbocycles. The molecule has 0 radical (unpaired) electrons. The van der Waals surface area contributed by atoms with E-state index in [2.05, 4.69) is 5.32 Å². The van der Waals surface area contributed by atoms with E-state index in [-0.39, 0.29) is 5.91 Å². The Morgan fingerprint density at radius 1 is 1.29 bits per heavy atom. The first-order valence-electron chi connectivity index (χ1n) is 6.49. The molecule has 0 saturated heterocycles. The number of carbonyl (C=O) groups is 1. The Morgan fingerprint density at radius 2 is 2.05 bits per heavy atom. The molecule has 0 aliphatic rings. The Morgan fingerprint density at radius 3 is 2.62 bits per heavy atom. The Labute approximate surface area is 123 Å². The van der Waals surface area contributed by atoms with Crippen molar-refractivity contribution in [2.45, 2.75) is 13.5 Å². The number of carbonyl (C=O) groups excluding carboxylic acids is 1. The van der Waals surface area contributed by atoms with E-state index in [0.717, 1.165) is 11.1 Å². The van der Waals surface area contributed by atoms with Gasteiger partial charge in [0.25, 0.3) is 5.91 Å². The second-order valence-electron chi connectivity index (χ2n) is 4.62. The summed E-state index contributed by atoms with van der Waals surface area (Å²) in [4.78, 5) is 12.2. The fourth-order valence-electron chi connectivity index (χ4n) is 2.10. The van der Waals surface area contributed by atoms with Crippen molar-refractivity contribution in [1.82, 2.24) is 9.99 Å². The second kappa shape index (κ2) is 6.21. The first kappa shape index (κ1) is 14.8. The first-order chi connectivity index (χ1) is 10.1. The van der Waals surface area contributed by atoms with Crippen molar-refractivity contribution in [1.29, 1.82) is 0 Å². The Hall–Kier alpha value is -2.63. The molecule has 0 unspecified atom stereocenters. The number of nitrogens with one attached hydrogen (secondary N) is 1. The van der Waals surface area contributed by atoms with Crippen LogP contribution in [0.25, 0.3) is 0 Å². The molecule has 2 rings (SSSR count). The summed E-state index contributed by atoms with van der Waals surface area (Å²) < 4.78 is 11.8. The van der Waals surface area contributed by atoms with Crippen LogP contribution in [-0.2, 0) is 6.54 Å². The fraction of sp³-hybridized carbons (Fsp3) is 0.267. The normalized spacial score (nSPS) is 10.2. The maximum Gasteiger partial charge on any atom is 0.270 e. The van der Waals surface area contributed by atoms with Gasteiger partial charge < -0.3 is 20.6 Å². The van der Waals surface area contributed by atoms with Crippen molar-refractivity contribution in [2.75, 3.05) is 20.1 Å². The van der Waals surface area contributed by atoms with Crippen LogP contribution in [0.1, 0.15) is 21.6 Å². The van der Waals surface area contributed by atoms with Gasteiger partial charge in [-0.2, -0.15) is 0 Å². The van der Waals surface area contributed by atoms with Crippen LogP contribution in [0.5, 0.6) is 11.5 Å². The molecule has 0 aliphatic heterocycles. The fourth-order valence-corrected chi connectivity index (χ4v) is 2.10. The molecule has 3 N–H and O–H groups in total. The zero-order valence-corrected chi connectivity index (χ0v) is 12.3. The second-order valence-corrected chi connectivity index (χ2v) is 4.62. The van der Waals surface area contributed by atoms with Crippen molar-refractivity contribution in [2.24, 2.45) is 0 Å². The number of hydrogen-bond acceptors (Lipinski definition) is 4. The molecule has 1 amide bonds. The summed E-state index contributed by atoms with van der Waals surface area (Å²) in [6.07, 6.45) is 1.65. The van der Waals surface area contributed by atoms with Gasteiger partial charge in [0.05, 0.1) is 14.2 Å². The van der Waals surface area contributed by atoms with E-state index in [1.807, 2.05) is 19.1 Å². The molecule has 0 fully saturated rings. The Bertz CT molecular complexity index is 630. The lowest BCUT2D eigenvalue weighted by atomic mass is 10.2. The number of hydrogen-bond donors (Lipinski definition) is 2. The van der Waals surface area contributed by atoms with Gasteiger partial charge in [0, 0.05) is 24.4 Å². The SMILES string of the molecule is COc1ccc(CNC(=O)c2c(C)ccn2N)c(OC)c1.